The Morgan fingerprint density at radius 3 is 2.76 bits per heavy atom. The molecule has 94 valence electrons. The average molecular weight is 301 g/mol. The molecule has 4 heteroatoms. The van der Waals surface area contributed by atoms with Crippen molar-refractivity contribution in [2.75, 3.05) is 26.2 Å². The van der Waals surface area contributed by atoms with Gasteiger partial charge in [-0.1, -0.05) is 19.1 Å². The van der Waals surface area contributed by atoms with Crippen molar-refractivity contribution >= 4 is 15.9 Å². The van der Waals surface area contributed by atoms with E-state index in [0.29, 0.717) is 10.5 Å². The highest BCUT2D eigenvalue weighted by atomic mass is 79.9. The zero-order valence-corrected chi connectivity index (χ0v) is 11.6. The van der Waals surface area contributed by atoms with Crippen LogP contribution in [0.3, 0.4) is 0 Å². The fraction of sp³-hybridized carbons (Fsp3) is 0.538. The molecule has 0 saturated carbocycles. The standard InChI is InChI=1S/C13H18BrFN2/c1-2-12(17-8-6-16-7-9-17)10-4-3-5-11(15)13(10)14/h3-5,12,16H,2,6-9H2,1H3/t12-/m0/s1. The Balaban J connectivity index is 2.24. The second kappa shape index (κ2) is 5.94. The topological polar surface area (TPSA) is 15.3 Å². The summed E-state index contributed by atoms with van der Waals surface area (Å²) in [5.41, 5.74) is 1.06. The highest BCUT2D eigenvalue weighted by Crippen LogP contribution is 2.32. The number of nitrogens with one attached hydrogen (secondary N) is 1. The SMILES string of the molecule is CC[C@@H](c1cccc(F)c1Br)N1CCNCC1. The minimum Gasteiger partial charge on any atom is -0.314 e. The zero-order chi connectivity index (χ0) is 12.3. The molecule has 1 atom stereocenters. The maximum atomic E-state index is 13.6. The molecule has 2 rings (SSSR count). The highest BCUT2D eigenvalue weighted by molar-refractivity contribution is 9.10. The number of halogens is 2. The monoisotopic (exact) mass is 300 g/mol. The third-order valence-electron chi connectivity index (χ3n) is 3.32. The van der Waals surface area contributed by atoms with E-state index in [9.17, 15) is 4.39 Å². The van der Waals surface area contributed by atoms with Crippen LogP contribution < -0.4 is 5.32 Å². The van der Waals surface area contributed by atoms with E-state index in [2.05, 4.69) is 33.1 Å². The molecule has 0 aliphatic carbocycles. The van der Waals surface area contributed by atoms with Crippen LogP contribution in [0, 0.1) is 5.82 Å². The minimum atomic E-state index is -0.170. The normalized spacial score (nSPS) is 19.2. The van der Waals surface area contributed by atoms with Gasteiger partial charge in [0, 0.05) is 32.2 Å². The molecule has 1 aromatic carbocycles. The predicted molar refractivity (Wildman–Crippen MR) is 71.6 cm³/mol. The lowest BCUT2D eigenvalue weighted by Crippen LogP contribution is -2.45. The van der Waals surface area contributed by atoms with Crippen LogP contribution in [0.4, 0.5) is 4.39 Å². The van der Waals surface area contributed by atoms with Crippen molar-refractivity contribution in [2.45, 2.75) is 19.4 Å². The van der Waals surface area contributed by atoms with Gasteiger partial charge in [-0.15, -0.1) is 0 Å². The van der Waals surface area contributed by atoms with Crippen molar-refractivity contribution in [3.63, 3.8) is 0 Å². The number of hydrogen-bond acceptors (Lipinski definition) is 2. The van der Waals surface area contributed by atoms with Crippen molar-refractivity contribution in [1.82, 2.24) is 10.2 Å². The lowest BCUT2D eigenvalue weighted by Gasteiger charge is -2.35. The summed E-state index contributed by atoms with van der Waals surface area (Å²) in [5, 5.41) is 3.34. The molecule has 0 aromatic heterocycles. The minimum absolute atomic E-state index is 0.170. The summed E-state index contributed by atoms with van der Waals surface area (Å²) in [5.74, 6) is -0.170. The fourth-order valence-corrected chi connectivity index (χ4v) is 2.98. The van der Waals surface area contributed by atoms with Crippen LogP contribution in [0.1, 0.15) is 24.9 Å². The van der Waals surface area contributed by atoms with Gasteiger partial charge in [0.25, 0.3) is 0 Å². The van der Waals surface area contributed by atoms with E-state index >= 15 is 0 Å². The van der Waals surface area contributed by atoms with Gasteiger partial charge in [-0.05, 0) is 34.0 Å². The first-order chi connectivity index (χ1) is 8.24. The van der Waals surface area contributed by atoms with E-state index in [0.717, 1.165) is 38.2 Å². The third kappa shape index (κ3) is 2.87. The largest absolute Gasteiger partial charge is 0.314 e. The van der Waals surface area contributed by atoms with Gasteiger partial charge in [-0.3, -0.25) is 4.90 Å². The second-order valence-corrected chi connectivity index (χ2v) is 5.15. The number of hydrogen-bond donors (Lipinski definition) is 1. The molecule has 0 spiro atoms. The zero-order valence-electron chi connectivity index (χ0n) is 10.0. The maximum absolute atomic E-state index is 13.6. The molecule has 0 unspecified atom stereocenters. The highest BCUT2D eigenvalue weighted by Gasteiger charge is 2.23. The van der Waals surface area contributed by atoms with Gasteiger partial charge in [0.05, 0.1) is 4.47 Å². The molecule has 1 aromatic rings. The smallest absolute Gasteiger partial charge is 0.137 e. The average Bonchev–Trinajstić information content (AvgIpc) is 2.37. The van der Waals surface area contributed by atoms with Crippen LogP contribution in [-0.2, 0) is 0 Å². The van der Waals surface area contributed by atoms with Crippen molar-refractivity contribution in [3.8, 4) is 0 Å². The Labute approximate surface area is 110 Å². The summed E-state index contributed by atoms with van der Waals surface area (Å²) in [6, 6.07) is 5.61. The van der Waals surface area contributed by atoms with Crippen molar-refractivity contribution in [1.29, 1.82) is 0 Å². The summed E-state index contributed by atoms with van der Waals surface area (Å²) in [7, 11) is 0. The number of nitrogens with zero attached hydrogens (tertiary/aromatic N) is 1. The summed E-state index contributed by atoms with van der Waals surface area (Å²) in [6.45, 7) is 6.25. The van der Waals surface area contributed by atoms with Crippen molar-refractivity contribution < 1.29 is 4.39 Å². The van der Waals surface area contributed by atoms with E-state index in [1.807, 2.05) is 6.07 Å². The van der Waals surface area contributed by atoms with Gasteiger partial charge in [0.15, 0.2) is 0 Å². The van der Waals surface area contributed by atoms with Crippen LogP contribution >= 0.6 is 15.9 Å². The lowest BCUT2D eigenvalue weighted by molar-refractivity contribution is 0.168. The van der Waals surface area contributed by atoms with E-state index in [-0.39, 0.29) is 5.82 Å². The van der Waals surface area contributed by atoms with Crippen molar-refractivity contribution in [2.24, 2.45) is 0 Å². The second-order valence-electron chi connectivity index (χ2n) is 4.35. The Kier molecular flexibility index (Phi) is 4.54. The summed E-state index contributed by atoms with van der Waals surface area (Å²) < 4.78 is 14.2. The maximum Gasteiger partial charge on any atom is 0.137 e. The van der Waals surface area contributed by atoms with E-state index in [1.165, 1.54) is 6.07 Å². The first kappa shape index (κ1) is 13.0. The molecule has 0 amide bonds. The lowest BCUT2D eigenvalue weighted by atomic mass is 10.0. The van der Waals surface area contributed by atoms with Gasteiger partial charge in [-0.25, -0.2) is 4.39 Å². The third-order valence-corrected chi connectivity index (χ3v) is 4.16. The predicted octanol–water partition coefficient (Wildman–Crippen LogP) is 2.94. The molecule has 1 fully saturated rings. The Bertz CT molecular complexity index is 378. The number of rotatable bonds is 3. The van der Waals surface area contributed by atoms with Crippen LogP contribution in [0.2, 0.25) is 0 Å². The molecule has 1 N–H and O–H groups in total. The van der Waals surface area contributed by atoms with Crippen LogP contribution in [0.5, 0.6) is 0 Å². The fourth-order valence-electron chi connectivity index (χ4n) is 2.45. The van der Waals surface area contributed by atoms with Gasteiger partial charge >= 0.3 is 0 Å². The summed E-state index contributed by atoms with van der Waals surface area (Å²) in [6.07, 6.45) is 1.00. The van der Waals surface area contributed by atoms with Gasteiger partial charge in [0.1, 0.15) is 5.82 Å². The number of piperazine rings is 1. The summed E-state index contributed by atoms with van der Waals surface area (Å²) in [4.78, 5) is 2.43. The molecule has 0 radical (unpaired) electrons. The molecule has 17 heavy (non-hydrogen) atoms. The molecular weight excluding hydrogens is 283 g/mol. The van der Waals surface area contributed by atoms with E-state index < -0.39 is 0 Å². The first-order valence-corrected chi connectivity index (χ1v) is 6.92. The molecular formula is C13H18BrFN2. The summed E-state index contributed by atoms with van der Waals surface area (Å²) >= 11 is 3.37. The Morgan fingerprint density at radius 2 is 2.12 bits per heavy atom. The molecule has 1 saturated heterocycles. The first-order valence-electron chi connectivity index (χ1n) is 6.12. The van der Waals surface area contributed by atoms with Gasteiger partial charge in [-0.2, -0.15) is 0 Å². The molecule has 1 heterocycles. The molecule has 2 nitrogen and oxygen atoms in total. The molecule has 0 bridgehead atoms. The Hall–Kier alpha value is -0.450. The van der Waals surface area contributed by atoms with Gasteiger partial charge in [0.2, 0.25) is 0 Å². The van der Waals surface area contributed by atoms with Gasteiger partial charge < -0.3 is 5.32 Å². The van der Waals surface area contributed by atoms with E-state index in [1.54, 1.807) is 6.07 Å². The number of benzene rings is 1. The van der Waals surface area contributed by atoms with Crippen molar-refractivity contribution in [3.05, 3.63) is 34.1 Å². The van der Waals surface area contributed by atoms with Crippen LogP contribution in [-0.4, -0.2) is 31.1 Å². The quantitative estimate of drug-likeness (QED) is 0.923. The Morgan fingerprint density at radius 1 is 1.41 bits per heavy atom. The van der Waals surface area contributed by atoms with E-state index in [4.69, 9.17) is 0 Å². The molecule has 1 aliphatic rings. The molecule has 1 aliphatic heterocycles. The van der Waals surface area contributed by atoms with Crippen LogP contribution in [0.25, 0.3) is 0 Å². The van der Waals surface area contributed by atoms with Crippen LogP contribution in [0.15, 0.2) is 22.7 Å².